The molecule has 1 aromatic heterocycles. The van der Waals surface area contributed by atoms with Crippen molar-refractivity contribution in [1.82, 2.24) is 9.88 Å². The van der Waals surface area contributed by atoms with Crippen LogP contribution in [0.15, 0.2) is 12.1 Å². The minimum absolute atomic E-state index is 0.00823. The SMILES string of the molecule is NNc1ccc(Cl)c(CN2CCOCC2CO)n1. The second-order valence-electron chi connectivity index (χ2n) is 4.15. The van der Waals surface area contributed by atoms with Gasteiger partial charge < -0.3 is 15.3 Å². The zero-order valence-corrected chi connectivity index (χ0v) is 10.7. The Labute approximate surface area is 111 Å². The van der Waals surface area contributed by atoms with Crippen LogP contribution in [0.25, 0.3) is 0 Å². The van der Waals surface area contributed by atoms with Crippen LogP contribution in [0, 0.1) is 0 Å². The van der Waals surface area contributed by atoms with E-state index >= 15 is 0 Å². The van der Waals surface area contributed by atoms with Crippen molar-refractivity contribution in [2.45, 2.75) is 12.6 Å². The summed E-state index contributed by atoms with van der Waals surface area (Å²) in [5, 5.41) is 9.90. The van der Waals surface area contributed by atoms with Gasteiger partial charge in [-0.05, 0) is 12.1 Å². The second kappa shape index (κ2) is 6.31. The normalized spacial score (nSPS) is 20.9. The van der Waals surface area contributed by atoms with Crippen molar-refractivity contribution in [3.63, 3.8) is 0 Å². The van der Waals surface area contributed by atoms with Crippen molar-refractivity contribution in [3.05, 3.63) is 22.8 Å². The summed E-state index contributed by atoms with van der Waals surface area (Å²) in [6.45, 7) is 2.57. The summed E-state index contributed by atoms with van der Waals surface area (Å²) >= 11 is 6.11. The molecule has 1 aromatic rings. The molecular formula is C11H17ClN4O2. The van der Waals surface area contributed by atoms with Crippen LogP contribution in [-0.4, -0.2) is 47.4 Å². The molecule has 0 saturated carbocycles. The van der Waals surface area contributed by atoms with Gasteiger partial charge in [0.15, 0.2) is 0 Å². The number of ether oxygens (including phenoxy) is 1. The average Bonchev–Trinajstić information content (AvgIpc) is 2.42. The number of anilines is 1. The first-order chi connectivity index (χ1) is 8.74. The Balaban J connectivity index is 2.11. The lowest BCUT2D eigenvalue weighted by Crippen LogP contribution is -2.47. The highest BCUT2D eigenvalue weighted by Gasteiger charge is 2.23. The summed E-state index contributed by atoms with van der Waals surface area (Å²) in [5.41, 5.74) is 3.24. The predicted octanol–water partition coefficient (Wildman–Crippen LogP) is 0.214. The Kier molecular flexibility index (Phi) is 4.73. The fourth-order valence-electron chi connectivity index (χ4n) is 1.93. The number of hydrogen-bond donors (Lipinski definition) is 3. The molecule has 18 heavy (non-hydrogen) atoms. The zero-order valence-electron chi connectivity index (χ0n) is 9.97. The maximum absolute atomic E-state index is 9.30. The van der Waals surface area contributed by atoms with Gasteiger partial charge in [-0.1, -0.05) is 11.6 Å². The van der Waals surface area contributed by atoms with E-state index in [1.54, 1.807) is 12.1 Å². The Morgan fingerprint density at radius 1 is 1.61 bits per heavy atom. The smallest absolute Gasteiger partial charge is 0.140 e. The average molecular weight is 273 g/mol. The minimum Gasteiger partial charge on any atom is -0.395 e. The van der Waals surface area contributed by atoms with Crippen LogP contribution in [0.5, 0.6) is 0 Å². The molecule has 1 saturated heterocycles. The lowest BCUT2D eigenvalue weighted by molar-refractivity contribution is -0.0317. The Morgan fingerprint density at radius 2 is 2.44 bits per heavy atom. The number of nitrogen functional groups attached to an aromatic ring is 1. The van der Waals surface area contributed by atoms with E-state index < -0.39 is 0 Å². The number of nitrogens with zero attached hydrogens (tertiary/aromatic N) is 2. The molecule has 100 valence electrons. The van der Waals surface area contributed by atoms with Crippen LogP contribution in [-0.2, 0) is 11.3 Å². The lowest BCUT2D eigenvalue weighted by atomic mass is 10.2. The molecule has 1 fully saturated rings. The number of hydrazine groups is 1. The molecule has 1 aliphatic heterocycles. The number of nitrogens with two attached hydrogens (primary N) is 1. The molecule has 0 amide bonds. The topological polar surface area (TPSA) is 83.6 Å². The minimum atomic E-state index is -0.00823. The number of pyridine rings is 1. The van der Waals surface area contributed by atoms with E-state index in [2.05, 4.69) is 15.3 Å². The molecule has 0 bridgehead atoms. The summed E-state index contributed by atoms with van der Waals surface area (Å²) in [5.74, 6) is 5.90. The molecule has 6 nitrogen and oxygen atoms in total. The number of rotatable bonds is 4. The van der Waals surface area contributed by atoms with Gasteiger partial charge in [-0.2, -0.15) is 0 Å². The highest BCUT2D eigenvalue weighted by Crippen LogP contribution is 2.20. The van der Waals surface area contributed by atoms with Gasteiger partial charge in [-0.15, -0.1) is 0 Å². The maximum Gasteiger partial charge on any atom is 0.140 e. The Hall–Kier alpha value is -0.920. The van der Waals surface area contributed by atoms with Gasteiger partial charge in [0, 0.05) is 13.1 Å². The highest BCUT2D eigenvalue weighted by molar-refractivity contribution is 6.31. The number of aliphatic hydroxyl groups is 1. The number of halogens is 1. The van der Waals surface area contributed by atoms with Crippen LogP contribution in [0.2, 0.25) is 5.02 Å². The van der Waals surface area contributed by atoms with Gasteiger partial charge in [0.1, 0.15) is 5.82 Å². The van der Waals surface area contributed by atoms with Crippen LogP contribution < -0.4 is 11.3 Å². The van der Waals surface area contributed by atoms with Crippen molar-refractivity contribution < 1.29 is 9.84 Å². The fraction of sp³-hybridized carbons (Fsp3) is 0.545. The van der Waals surface area contributed by atoms with Gasteiger partial charge in [-0.3, -0.25) is 4.90 Å². The quantitative estimate of drug-likeness (QED) is 0.537. The van der Waals surface area contributed by atoms with Crippen molar-refractivity contribution in [3.8, 4) is 0 Å². The first kappa shape index (κ1) is 13.5. The number of nitrogens with one attached hydrogen (secondary N) is 1. The summed E-state index contributed by atoms with van der Waals surface area (Å²) in [7, 11) is 0. The summed E-state index contributed by atoms with van der Waals surface area (Å²) in [6, 6.07) is 3.47. The van der Waals surface area contributed by atoms with E-state index in [-0.39, 0.29) is 12.6 Å². The molecule has 1 aliphatic rings. The van der Waals surface area contributed by atoms with E-state index in [4.69, 9.17) is 22.2 Å². The molecule has 2 rings (SSSR count). The first-order valence-electron chi connectivity index (χ1n) is 5.79. The van der Waals surface area contributed by atoms with Crippen molar-refractivity contribution in [2.75, 3.05) is 31.8 Å². The third-order valence-electron chi connectivity index (χ3n) is 2.98. The van der Waals surface area contributed by atoms with E-state index in [1.165, 1.54) is 0 Å². The fourth-order valence-corrected chi connectivity index (χ4v) is 2.10. The highest BCUT2D eigenvalue weighted by atomic mass is 35.5. The monoisotopic (exact) mass is 272 g/mol. The van der Waals surface area contributed by atoms with Crippen LogP contribution in [0.4, 0.5) is 5.82 Å². The predicted molar refractivity (Wildman–Crippen MR) is 69.2 cm³/mol. The van der Waals surface area contributed by atoms with Crippen molar-refractivity contribution in [2.24, 2.45) is 5.84 Å². The second-order valence-corrected chi connectivity index (χ2v) is 4.56. The van der Waals surface area contributed by atoms with Gasteiger partial charge in [0.2, 0.25) is 0 Å². The van der Waals surface area contributed by atoms with Gasteiger partial charge >= 0.3 is 0 Å². The molecule has 0 radical (unpaired) electrons. The maximum atomic E-state index is 9.30. The van der Waals surface area contributed by atoms with E-state index in [0.29, 0.717) is 30.6 Å². The molecule has 7 heteroatoms. The molecular weight excluding hydrogens is 256 g/mol. The molecule has 0 aromatic carbocycles. The number of hydrogen-bond acceptors (Lipinski definition) is 6. The summed E-state index contributed by atoms with van der Waals surface area (Å²) in [4.78, 5) is 6.43. The summed E-state index contributed by atoms with van der Waals surface area (Å²) in [6.07, 6.45) is 0. The van der Waals surface area contributed by atoms with Gasteiger partial charge in [-0.25, -0.2) is 10.8 Å². The van der Waals surface area contributed by atoms with E-state index in [1.807, 2.05) is 0 Å². The molecule has 1 unspecified atom stereocenters. The summed E-state index contributed by atoms with van der Waals surface area (Å²) < 4.78 is 5.33. The number of aromatic nitrogens is 1. The molecule has 4 N–H and O–H groups in total. The number of morpholine rings is 1. The Bertz CT molecular complexity index is 405. The first-order valence-corrected chi connectivity index (χ1v) is 6.17. The number of aliphatic hydroxyl groups excluding tert-OH is 1. The third-order valence-corrected chi connectivity index (χ3v) is 3.32. The lowest BCUT2D eigenvalue weighted by Gasteiger charge is -2.34. The zero-order chi connectivity index (χ0) is 13.0. The van der Waals surface area contributed by atoms with Crippen LogP contribution in [0.1, 0.15) is 5.69 Å². The third kappa shape index (κ3) is 3.09. The van der Waals surface area contributed by atoms with Crippen molar-refractivity contribution >= 4 is 17.4 Å². The molecule has 1 atom stereocenters. The van der Waals surface area contributed by atoms with Crippen LogP contribution >= 0.6 is 11.6 Å². The molecule has 0 spiro atoms. The molecule has 2 heterocycles. The van der Waals surface area contributed by atoms with Gasteiger partial charge in [0.25, 0.3) is 0 Å². The molecule has 0 aliphatic carbocycles. The Morgan fingerprint density at radius 3 is 3.17 bits per heavy atom. The van der Waals surface area contributed by atoms with Crippen molar-refractivity contribution in [1.29, 1.82) is 0 Å². The largest absolute Gasteiger partial charge is 0.395 e. The van der Waals surface area contributed by atoms with E-state index in [0.717, 1.165) is 12.2 Å². The van der Waals surface area contributed by atoms with Gasteiger partial charge in [0.05, 0.1) is 36.6 Å². The standard InChI is InChI=1S/C11H17ClN4O2/c12-9-1-2-11(15-13)14-10(9)5-16-3-4-18-7-8(16)6-17/h1-2,8,17H,3-7,13H2,(H,14,15). The van der Waals surface area contributed by atoms with E-state index in [9.17, 15) is 5.11 Å². The van der Waals surface area contributed by atoms with Crippen LogP contribution in [0.3, 0.4) is 0 Å².